The SMILES string of the molecule is ClCC1CCCN(c2ncnc3ccsc23)C1. The van der Waals surface area contributed by atoms with Gasteiger partial charge in [-0.2, -0.15) is 0 Å². The molecule has 0 N–H and O–H groups in total. The summed E-state index contributed by atoms with van der Waals surface area (Å²) >= 11 is 7.69. The molecule has 1 saturated heterocycles. The van der Waals surface area contributed by atoms with Crippen molar-refractivity contribution < 1.29 is 0 Å². The number of nitrogens with zero attached hydrogens (tertiary/aromatic N) is 3. The lowest BCUT2D eigenvalue weighted by Crippen LogP contribution is -2.36. The zero-order valence-electron chi connectivity index (χ0n) is 9.47. The van der Waals surface area contributed by atoms with Crippen molar-refractivity contribution >= 4 is 39.0 Å². The Bertz CT molecular complexity index is 513. The van der Waals surface area contributed by atoms with Gasteiger partial charge in [0.05, 0.1) is 10.2 Å². The molecule has 1 atom stereocenters. The highest BCUT2D eigenvalue weighted by atomic mass is 35.5. The van der Waals surface area contributed by atoms with E-state index in [4.69, 9.17) is 11.6 Å². The number of aromatic nitrogens is 2. The Hall–Kier alpha value is -0.870. The summed E-state index contributed by atoms with van der Waals surface area (Å²) in [7, 11) is 0. The van der Waals surface area contributed by atoms with Crippen LogP contribution in [0.15, 0.2) is 17.8 Å². The summed E-state index contributed by atoms with van der Waals surface area (Å²) in [6.45, 7) is 2.10. The van der Waals surface area contributed by atoms with Crippen LogP contribution < -0.4 is 4.90 Å². The van der Waals surface area contributed by atoms with E-state index in [9.17, 15) is 0 Å². The second-order valence-corrected chi connectivity index (χ2v) is 5.67. The summed E-state index contributed by atoms with van der Waals surface area (Å²) in [5.41, 5.74) is 1.05. The smallest absolute Gasteiger partial charge is 0.150 e. The van der Waals surface area contributed by atoms with Gasteiger partial charge in [-0.15, -0.1) is 22.9 Å². The summed E-state index contributed by atoms with van der Waals surface area (Å²) < 4.78 is 1.20. The number of fused-ring (bicyclic) bond motifs is 1. The minimum atomic E-state index is 0.593. The normalized spacial score (nSPS) is 21.0. The molecular weight excluding hydrogens is 254 g/mol. The summed E-state index contributed by atoms with van der Waals surface area (Å²) in [4.78, 5) is 11.1. The molecule has 0 radical (unpaired) electrons. The predicted octanol–water partition coefficient (Wildman–Crippen LogP) is 3.15. The average molecular weight is 268 g/mol. The zero-order chi connectivity index (χ0) is 11.7. The number of thiophene rings is 1. The fourth-order valence-corrected chi connectivity index (χ4v) is 3.50. The van der Waals surface area contributed by atoms with Crippen molar-refractivity contribution in [3.8, 4) is 0 Å². The summed E-state index contributed by atoms with van der Waals surface area (Å²) in [6, 6.07) is 2.05. The number of halogens is 1. The van der Waals surface area contributed by atoms with E-state index in [0.29, 0.717) is 5.92 Å². The van der Waals surface area contributed by atoms with Gasteiger partial charge in [-0.1, -0.05) is 0 Å². The third-order valence-electron chi connectivity index (χ3n) is 3.26. The molecule has 2 aromatic heterocycles. The largest absolute Gasteiger partial charge is 0.355 e. The van der Waals surface area contributed by atoms with Crippen LogP contribution in [0.4, 0.5) is 5.82 Å². The quantitative estimate of drug-likeness (QED) is 0.783. The molecule has 0 amide bonds. The lowest BCUT2D eigenvalue weighted by Gasteiger charge is -2.32. The van der Waals surface area contributed by atoms with Gasteiger partial charge in [-0.05, 0) is 30.2 Å². The predicted molar refractivity (Wildman–Crippen MR) is 73.1 cm³/mol. The summed E-state index contributed by atoms with van der Waals surface area (Å²) in [6.07, 6.45) is 4.10. The van der Waals surface area contributed by atoms with E-state index in [1.807, 2.05) is 6.07 Å². The Morgan fingerprint density at radius 2 is 2.41 bits per heavy atom. The first kappa shape index (κ1) is 11.2. The Labute approximate surface area is 109 Å². The van der Waals surface area contributed by atoms with Crippen molar-refractivity contribution in [2.75, 3.05) is 23.9 Å². The second kappa shape index (κ2) is 4.78. The Balaban J connectivity index is 1.94. The lowest BCUT2D eigenvalue weighted by atomic mass is 10.0. The molecule has 17 heavy (non-hydrogen) atoms. The van der Waals surface area contributed by atoms with Crippen LogP contribution >= 0.6 is 22.9 Å². The molecule has 3 rings (SSSR count). The fourth-order valence-electron chi connectivity index (χ4n) is 2.38. The van der Waals surface area contributed by atoms with Crippen molar-refractivity contribution in [3.63, 3.8) is 0 Å². The fraction of sp³-hybridized carbons (Fsp3) is 0.500. The van der Waals surface area contributed by atoms with E-state index in [1.54, 1.807) is 17.7 Å². The van der Waals surface area contributed by atoms with Crippen LogP contribution in [0.25, 0.3) is 10.2 Å². The average Bonchev–Trinajstić information content (AvgIpc) is 2.87. The Morgan fingerprint density at radius 3 is 3.29 bits per heavy atom. The number of alkyl halides is 1. The van der Waals surface area contributed by atoms with Crippen molar-refractivity contribution in [1.82, 2.24) is 9.97 Å². The second-order valence-electron chi connectivity index (χ2n) is 4.44. The van der Waals surface area contributed by atoms with Gasteiger partial charge in [0.15, 0.2) is 0 Å². The standard InChI is InChI=1S/C12H14ClN3S/c13-6-9-2-1-4-16(7-9)12-11-10(3-5-17-11)14-8-15-12/h3,5,8-9H,1-2,4,6-7H2. The number of anilines is 1. The van der Waals surface area contributed by atoms with Crippen LogP contribution in [0.2, 0.25) is 0 Å². The van der Waals surface area contributed by atoms with E-state index in [-0.39, 0.29) is 0 Å². The van der Waals surface area contributed by atoms with E-state index in [2.05, 4.69) is 20.2 Å². The zero-order valence-corrected chi connectivity index (χ0v) is 11.0. The van der Waals surface area contributed by atoms with Crippen molar-refractivity contribution in [2.24, 2.45) is 5.92 Å². The minimum Gasteiger partial charge on any atom is -0.355 e. The third-order valence-corrected chi connectivity index (χ3v) is 4.60. The number of hydrogen-bond donors (Lipinski definition) is 0. The van der Waals surface area contributed by atoms with Crippen LogP contribution in [0.5, 0.6) is 0 Å². The van der Waals surface area contributed by atoms with Gasteiger partial charge in [0.1, 0.15) is 12.1 Å². The molecule has 1 fully saturated rings. The van der Waals surface area contributed by atoms with Crippen molar-refractivity contribution in [1.29, 1.82) is 0 Å². The molecule has 3 heterocycles. The molecule has 5 heteroatoms. The molecule has 2 aromatic rings. The first-order chi connectivity index (χ1) is 8.38. The highest BCUT2D eigenvalue weighted by molar-refractivity contribution is 7.17. The van der Waals surface area contributed by atoms with Gasteiger partial charge >= 0.3 is 0 Å². The maximum Gasteiger partial charge on any atom is 0.150 e. The number of piperidine rings is 1. The molecule has 0 aromatic carbocycles. The van der Waals surface area contributed by atoms with Crippen LogP contribution in [0.1, 0.15) is 12.8 Å². The van der Waals surface area contributed by atoms with E-state index in [0.717, 1.165) is 30.3 Å². The van der Waals surface area contributed by atoms with Crippen molar-refractivity contribution in [2.45, 2.75) is 12.8 Å². The highest BCUT2D eigenvalue weighted by Gasteiger charge is 2.22. The van der Waals surface area contributed by atoms with Crippen LogP contribution in [-0.4, -0.2) is 28.9 Å². The van der Waals surface area contributed by atoms with Gasteiger partial charge < -0.3 is 4.90 Å². The van der Waals surface area contributed by atoms with Gasteiger partial charge in [-0.3, -0.25) is 0 Å². The van der Waals surface area contributed by atoms with Gasteiger partial charge in [0.25, 0.3) is 0 Å². The van der Waals surface area contributed by atoms with E-state index in [1.165, 1.54) is 17.5 Å². The Morgan fingerprint density at radius 1 is 1.47 bits per heavy atom. The molecule has 0 aliphatic carbocycles. The topological polar surface area (TPSA) is 29.0 Å². The number of hydrogen-bond acceptors (Lipinski definition) is 4. The molecule has 3 nitrogen and oxygen atoms in total. The van der Waals surface area contributed by atoms with Crippen LogP contribution in [-0.2, 0) is 0 Å². The van der Waals surface area contributed by atoms with Crippen LogP contribution in [0, 0.1) is 5.92 Å². The van der Waals surface area contributed by atoms with Gasteiger partial charge in [0, 0.05) is 19.0 Å². The van der Waals surface area contributed by atoms with E-state index < -0.39 is 0 Å². The summed E-state index contributed by atoms with van der Waals surface area (Å²) in [5, 5.41) is 2.08. The molecular formula is C12H14ClN3S. The number of rotatable bonds is 2. The van der Waals surface area contributed by atoms with Gasteiger partial charge in [-0.25, -0.2) is 9.97 Å². The molecule has 0 saturated carbocycles. The molecule has 1 aliphatic rings. The van der Waals surface area contributed by atoms with E-state index >= 15 is 0 Å². The first-order valence-electron chi connectivity index (χ1n) is 5.87. The monoisotopic (exact) mass is 267 g/mol. The van der Waals surface area contributed by atoms with Crippen molar-refractivity contribution in [3.05, 3.63) is 17.8 Å². The molecule has 90 valence electrons. The van der Waals surface area contributed by atoms with Crippen LogP contribution in [0.3, 0.4) is 0 Å². The Kier molecular flexibility index (Phi) is 3.16. The molecule has 1 unspecified atom stereocenters. The molecule has 0 bridgehead atoms. The summed E-state index contributed by atoms with van der Waals surface area (Å²) in [5.74, 6) is 2.42. The maximum absolute atomic E-state index is 5.97. The highest BCUT2D eigenvalue weighted by Crippen LogP contribution is 2.30. The first-order valence-corrected chi connectivity index (χ1v) is 7.29. The van der Waals surface area contributed by atoms with Gasteiger partial charge in [0.2, 0.25) is 0 Å². The lowest BCUT2D eigenvalue weighted by molar-refractivity contribution is 0.449. The third kappa shape index (κ3) is 2.11. The molecule has 1 aliphatic heterocycles. The minimum absolute atomic E-state index is 0.593. The molecule has 0 spiro atoms. The maximum atomic E-state index is 5.97.